The molecule has 1 aromatic carbocycles. The molecule has 1 nitrogen and oxygen atoms in total. The van der Waals surface area contributed by atoms with Crippen molar-refractivity contribution in [1.82, 2.24) is 0 Å². The summed E-state index contributed by atoms with van der Waals surface area (Å²) in [6.07, 6.45) is 3.65. The van der Waals surface area contributed by atoms with E-state index in [4.69, 9.17) is 0 Å². The first-order valence-electron chi connectivity index (χ1n) is 5.19. The van der Waals surface area contributed by atoms with Gasteiger partial charge in [0.05, 0.1) is 4.90 Å². The highest BCUT2D eigenvalue weighted by Crippen LogP contribution is 2.58. The Bertz CT molecular complexity index is 383. The molecule has 0 spiro atoms. The zero-order chi connectivity index (χ0) is 10.3. The van der Waals surface area contributed by atoms with Crippen molar-refractivity contribution in [3.63, 3.8) is 0 Å². The molecule has 1 N–H and O–H groups in total. The highest BCUT2D eigenvalue weighted by atomic mass is 32.2. The van der Waals surface area contributed by atoms with E-state index in [2.05, 4.69) is 13.8 Å². The second kappa shape index (κ2) is 3.50. The third-order valence-electron chi connectivity index (χ3n) is 3.01. The van der Waals surface area contributed by atoms with Crippen LogP contribution in [0.2, 0.25) is 0 Å². The molecular weight excluding hydrogens is 192 g/mol. The highest BCUT2D eigenvalue weighted by Gasteiger charge is 2.30. The lowest BCUT2D eigenvalue weighted by molar-refractivity contribution is 0.457. The molecule has 0 saturated carbocycles. The lowest BCUT2D eigenvalue weighted by Gasteiger charge is -2.07. The van der Waals surface area contributed by atoms with E-state index in [0.29, 0.717) is 5.75 Å². The summed E-state index contributed by atoms with van der Waals surface area (Å²) < 4.78 is 0. The van der Waals surface area contributed by atoms with E-state index in [1.807, 2.05) is 6.92 Å². The van der Waals surface area contributed by atoms with Crippen LogP contribution in [0.4, 0.5) is 0 Å². The molecule has 76 valence electrons. The molecule has 0 aromatic heterocycles. The summed E-state index contributed by atoms with van der Waals surface area (Å²) in [6, 6.07) is 0. The summed E-state index contributed by atoms with van der Waals surface area (Å²) in [7, 11) is 0. The number of aromatic hydroxyl groups is 1. The molecule has 2 rings (SSSR count). The Morgan fingerprint density at radius 1 is 1.14 bits per heavy atom. The molecular formula is C12H16OS. The molecule has 0 atom stereocenters. The van der Waals surface area contributed by atoms with Crippen LogP contribution in [0.1, 0.15) is 36.5 Å². The SMILES string of the molecule is CCCCc1c(C)c(C)c(O)c2c1S2. The fourth-order valence-electron chi connectivity index (χ4n) is 1.83. The minimum absolute atomic E-state index is 0.516. The average Bonchev–Trinajstić information content (AvgIpc) is 2.94. The van der Waals surface area contributed by atoms with Gasteiger partial charge in [0.2, 0.25) is 0 Å². The summed E-state index contributed by atoms with van der Waals surface area (Å²) in [5.74, 6) is 0.516. The monoisotopic (exact) mass is 208 g/mol. The predicted molar refractivity (Wildman–Crippen MR) is 60.3 cm³/mol. The lowest BCUT2D eigenvalue weighted by atomic mass is 9.98. The molecule has 0 fully saturated rings. The topological polar surface area (TPSA) is 20.2 Å². The third-order valence-corrected chi connectivity index (χ3v) is 4.06. The third kappa shape index (κ3) is 1.42. The molecule has 0 aliphatic carbocycles. The van der Waals surface area contributed by atoms with Crippen LogP contribution < -0.4 is 0 Å². The summed E-state index contributed by atoms with van der Waals surface area (Å²) >= 11 is 1.74. The van der Waals surface area contributed by atoms with Crippen LogP contribution in [-0.4, -0.2) is 5.11 Å². The first-order valence-corrected chi connectivity index (χ1v) is 6.01. The molecule has 2 heteroatoms. The van der Waals surface area contributed by atoms with Gasteiger partial charge >= 0.3 is 0 Å². The Morgan fingerprint density at radius 2 is 1.86 bits per heavy atom. The van der Waals surface area contributed by atoms with Crippen molar-refractivity contribution in [2.45, 2.75) is 49.8 Å². The highest BCUT2D eigenvalue weighted by molar-refractivity contribution is 8.05. The lowest BCUT2D eigenvalue weighted by Crippen LogP contribution is -1.92. The van der Waals surface area contributed by atoms with Gasteiger partial charge in [-0.15, -0.1) is 0 Å². The Balaban J connectivity index is 2.38. The largest absolute Gasteiger partial charge is 0.506 e. The standard InChI is InChI=1S/C12H16OS/c1-4-5-6-9-7(2)8(3)10(13)12-11(9)14-12/h13H,4-6H2,1-3H3. The molecule has 14 heavy (non-hydrogen) atoms. The summed E-state index contributed by atoms with van der Waals surface area (Å²) in [5, 5.41) is 9.77. The Morgan fingerprint density at radius 3 is 2.50 bits per heavy atom. The number of hydrogen-bond acceptors (Lipinski definition) is 2. The zero-order valence-corrected chi connectivity index (χ0v) is 9.79. The summed E-state index contributed by atoms with van der Waals surface area (Å²) in [6.45, 7) is 6.35. The van der Waals surface area contributed by atoms with Gasteiger partial charge in [0.15, 0.2) is 0 Å². The van der Waals surface area contributed by atoms with E-state index >= 15 is 0 Å². The van der Waals surface area contributed by atoms with E-state index in [1.165, 1.54) is 35.3 Å². The predicted octanol–water partition coefficient (Wildman–Crippen LogP) is 3.82. The van der Waals surface area contributed by atoms with Gasteiger partial charge < -0.3 is 5.11 Å². The number of rotatable bonds is 3. The van der Waals surface area contributed by atoms with Crippen molar-refractivity contribution in [3.8, 4) is 5.75 Å². The molecule has 1 aliphatic heterocycles. The average molecular weight is 208 g/mol. The fraction of sp³-hybridized carbons (Fsp3) is 0.500. The van der Waals surface area contributed by atoms with Crippen LogP contribution in [0.15, 0.2) is 9.79 Å². The van der Waals surface area contributed by atoms with Crippen molar-refractivity contribution in [3.05, 3.63) is 16.7 Å². The van der Waals surface area contributed by atoms with Gasteiger partial charge in [-0.25, -0.2) is 0 Å². The zero-order valence-electron chi connectivity index (χ0n) is 8.98. The van der Waals surface area contributed by atoms with Crippen LogP contribution in [-0.2, 0) is 6.42 Å². The quantitative estimate of drug-likeness (QED) is 0.774. The van der Waals surface area contributed by atoms with Gasteiger partial charge in [-0.2, -0.15) is 0 Å². The van der Waals surface area contributed by atoms with Gasteiger partial charge in [-0.05, 0) is 43.4 Å². The number of hydrogen-bond donors (Lipinski definition) is 1. The van der Waals surface area contributed by atoms with Gasteiger partial charge in [-0.3, -0.25) is 0 Å². The minimum Gasteiger partial charge on any atom is -0.506 e. The van der Waals surface area contributed by atoms with Crippen molar-refractivity contribution < 1.29 is 5.11 Å². The van der Waals surface area contributed by atoms with E-state index in [1.54, 1.807) is 11.8 Å². The van der Waals surface area contributed by atoms with Crippen molar-refractivity contribution >= 4 is 11.8 Å². The molecule has 1 heterocycles. The van der Waals surface area contributed by atoms with Crippen LogP contribution >= 0.6 is 11.8 Å². The van der Waals surface area contributed by atoms with Crippen molar-refractivity contribution in [2.24, 2.45) is 0 Å². The number of phenolic OH excluding ortho intramolecular Hbond substituents is 1. The van der Waals surface area contributed by atoms with Crippen LogP contribution in [0.25, 0.3) is 0 Å². The van der Waals surface area contributed by atoms with Crippen LogP contribution in [0.3, 0.4) is 0 Å². The fourth-order valence-corrected chi connectivity index (χ4v) is 2.83. The molecule has 1 aliphatic rings. The van der Waals surface area contributed by atoms with E-state index in [0.717, 1.165) is 10.5 Å². The Kier molecular flexibility index (Phi) is 2.48. The number of benzene rings is 1. The smallest absolute Gasteiger partial charge is 0.133 e. The summed E-state index contributed by atoms with van der Waals surface area (Å²) in [4.78, 5) is 2.47. The molecule has 0 bridgehead atoms. The number of unbranched alkanes of at least 4 members (excludes halogenated alkanes) is 1. The molecule has 0 radical (unpaired) electrons. The summed E-state index contributed by atoms with van der Waals surface area (Å²) in [5.41, 5.74) is 3.83. The number of fused-ring (bicyclic) bond motifs is 1. The molecule has 0 unspecified atom stereocenters. The Labute approximate surface area is 89.5 Å². The van der Waals surface area contributed by atoms with Crippen LogP contribution in [0, 0.1) is 13.8 Å². The molecule has 1 aromatic rings. The molecule has 0 saturated heterocycles. The van der Waals surface area contributed by atoms with Gasteiger partial charge in [-0.1, -0.05) is 25.1 Å². The van der Waals surface area contributed by atoms with Gasteiger partial charge in [0.25, 0.3) is 0 Å². The number of phenols is 1. The van der Waals surface area contributed by atoms with Gasteiger partial charge in [0.1, 0.15) is 5.75 Å². The van der Waals surface area contributed by atoms with Crippen LogP contribution in [0.5, 0.6) is 5.75 Å². The first kappa shape index (κ1) is 9.91. The normalized spacial score (nSPS) is 12.8. The maximum absolute atomic E-state index is 9.77. The maximum Gasteiger partial charge on any atom is 0.133 e. The second-order valence-electron chi connectivity index (χ2n) is 3.94. The first-order chi connectivity index (χ1) is 6.66. The van der Waals surface area contributed by atoms with E-state index in [-0.39, 0.29) is 0 Å². The second-order valence-corrected chi connectivity index (χ2v) is 4.96. The van der Waals surface area contributed by atoms with E-state index < -0.39 is 0 Å². The van der Waals surface area contributed by atoms with E-state index in [9.17, 15) is 5.11 Å². The Hall–Kier alpha value is -0.630. The van der Waals surface area contributed by atoms with Crippen molar-refractivity contribution in [1.29, 1.82) is 0 Å². The van der Waals surface area contributed by atoms with Crippen molar-refractivity contribution in [2.75, 3.05) is 0 Å². The maximum atomic E-state index is 9.77. The molecule has 0 amide bonds. The van der Waals surface area contributed by atoms with Gasteiger partial charge in [0, 0.05) is 4.90 Å². The minimum atomic E-state index is 0.516.